The summed E-state index contributed by atoms with van der Waals surface area (Å²) in [7, 11) is 3.64. The fraction of sp³-hybridized carbons (Fsp3) is 0.167. The lowest BCUT2D eigenvalue weighted by atomic mass is 10.2. The minimum atomic E-state index is -0.0513. The number of nitrogens with one attached hydrogen (secondary N) is 1. The van der Waals surface area contributed by atoms with Gasteiger partial charge in [0, 0.05) is 40.8 Å². The second kappa shape index (κ2) is 12.1. The summed E-state index contributed by atoms with van der Waals surface area (Å²) in [6.07, 6.45) is 0.793. The van der Waals surface area contributed by atoms with Crippen LogP contribution in [0.5, 0.6) is 0 Å². The van der Waals surface area contributed by atoms with Gasteiger partial charge in [-0.1, -0.05) is 24.3 Å². The maximum absolute atomic E-state index is 11.7. The lowest BCUT2D eigenvalue weighted by Gasteiger charge is -2.29. The molecule has 7 heteroatoms. The van der Waals surface area contributed by atoms with Crippen molar-refractivity contribution in [3.63, 3.8) is 0 Å². The molecule has 3 aromatic rings. The molecule has 0 saturated carbocycles. The van der Waals surface area contributed by atoms with Crippen LogP contribution in [0.2, 0.25) is 0 Å². The molecule has 5 nitrogen and oxygen atoms in total. The number of hydrogen-bond donors (Lipinski definition) is 3. The van der Waals surface area contributed by atoms with Crippen LogP contribution in [0.25, 0.3) is 0 Å². The first-order chi connectivity index (χ1) is 14.8. The van der Waals surface area contributed by atoms with E-state index in [1.807, 2.05) is 74.6 Å². The molecule has 1 heterocycles. The highest BCUT2D eigenvalue weighted by molar-refractivity contribution is 8.01. The van der Waals surface area contributed by atoms with E-state index < -0.39 is 0 Å². The van der Waals surface area contributed by atoms with Gasteiger partial charge in [0.25, 0.3) is 0 Å². The number of para-hydroxylation sites is 1. The van der Waals surface area contributed by atoms with Gasteiger partial charge in [-0.2, -0.15) is 0 Å². The number of nitrogens with two attached hydrogens (primary N) is 1. The lowest BCUT2D eigenvalue weighted by Crippen LogP contribution is -2.36. The molecule has 1 aliphatic rings. The van der Waals surface area contributed by atoms with E-state index in [0.717, 1.165) is 33.1 Å². The van der Waals surface area contributed by atoms with Gasteiger partial charge in [-0.3, -0.25) is 9.59 Å². The van der Waals surface area contributed by atoms with Crippen LogP contribution >= 0.6 is 24.4 Å². The van der Waals surface area contributed by atoms with Crippen molar-refractivity contribution >= 4 is 53.6 Å². The Morgan fingerprint density at radius 3 is 2.23 bits per heavy atom. The molecule has 0 aliphatic carbocycles. The number of thioether (sulfide) groups is 1. The summed E-state index contributed by atoms with van der Waals surface area (Å²) >= 11 is 5.68. The van der Waals surface area contributed by atoms with E-state index in [9.17, 15) is 9.59 Å². The molecule has 31 heavy (non-hydrogen) atoms. The predicted molar refractivity (Wildman–Crippen MR) is 135 cm³/mol. The van der Waals surface area contributed by atoms with Crippen LogP contribution < -0.4 is 16.0 Å². The molecule has 0 bridgehead atoms. The van der Waals surface area contributed by atoms with E-state index in [-0.39, 0.29) is 11.2 Å². The van der Waals surface area contributed by atoms with Crippen molar-refractivity contribution in [2.75, 3.05) is 30.0 Å². The van der Waals surface area contributed by atoms with Gasteiger partial charge in [-0.15, -0.1) is 24.4 Å². The Morgan fingerprint density at radius 2 is 1.71 bits per heavy atom. The Bertz CT molecular complexity index is 995. The number of carbonyl (C=O) groups is 2. The molecule has 0 fully saturated rings. The fourth-order valence-corrected chi connectivity index (χ4v) is 3.94. The van der Waals surface area contributed by atoms with Gasteiger partial charge in [0.1, 0.15) is 6.29 Å². The first kappa shape index (κ1) is 24.4. The van der Waals surface area contributed by atoms with Gasteiger partial charge in [0.05, 0.1) is 10.9 Å². The van der Waals surface area contributed by atoms with Crippen LogP contribution in [0, 0.1) is 0 Å². The molecule has 1 unspecified atom stereocenters. The molecule has 0 aromatic heterocycles. The van der Waals surface area contributed by atoms with Crippen molar-refractivity contribution in [3.8, 4) is 0 Å². The van der Waals surface area contributed by atoms with E-state index in [1.165, 1.54) is 11.8 Å². The van der Waals surface area contributed by atoms with Gasteiger partial charge < -0.3 is 16.0 Å². The molecule has 1 atom stereocenters. The summed E-state index contributed by atoms with van der Waals surface area (Å²) < 4.78 is 0. The Balaban J connectivity index is 0.000000181. The Labute approximate surface area is 193 Å². The van der Waals surface area contributed by atoms with Crippen LogP contribution in [0.15, 0.2) is 82.6 Å². The van der Waals surface area contributed by atoms with Crippen LogP contribution in [-0.2, 0) is 4.79 Å². The normalized spacial score (nSPS) is 14.3. The average Bonchev–Trinajstić information content (AvgIpc) is 2.79. The molecule has 162 valence electrons. The largest absolute Gasteiger partial charge is 0.399 e. The number of rotatable bonds is 2. The third kappa shape index (κ3) is 7.38. The first-order valence-corrected chi connectivity index (χ1v) is 11.0. The van der Waals surface area contributed by atoms with Crippen LogP contribution in [0.1, 0.15) is 17.3 Å². The molecule has 0 saturated heterocycles. The zero-order valence-corrected chi connectivity index (χ0v) is 19.5. The minimum absolute atomic E-state index is 0.0513. The van der Waals surface area contributed by atoms with Gasteiger partial charge >= 0.3 is 0 Å². The van der Waals surface area contributed by atoms with Crippen LogP contribution in [-0.4, -0.2) is 31.5 Å². The zero-order chi connectivity index (χ0) is 22.8. The number of aldehydes is 1. The first-order valence-electron chi connectivity index (χ1n) is 9.66. The average molecular weight is 454 g/mol. The second-order valence-electron chi connectivity index (χ2n) is 6.71. The molecule has 0 radical (unpaired) electrons. The topological polar surface area (TPSA) is 75.4 Å². The number of amides is 1. The number of thiol groups is 1. The highest BCUT2D eigenvalue weighted by atomic mass is 32.2. The third-order valence-electron chi connectivity index (χ3n) is 4.42. The molecule has 3 N–H and O–H groups in total. The number of nitrogen functional groups attached to an aromatic ring is 1. The lowest BCUT2D eigenvalue weighted by molar-refractivity contribution is -0.117. The Hall–Kier alpha value is -2.90. The summed E-state index contributed by atoms with van der Waals surface area (Å²) in [5.74, 6) is 0.0792. The van der Waals surface area contributed by atoms with Gasteiger partial charge in [-0.05, 0) is 55.5 Å². The van der Waals surface area contributed by atoms with Gasteiger partial charge in [-0.25, -0.2) is 0 Å². The fourth-order valence-electron chi connectivity index (χ4n) is 2.68. The number of hydrogen-bond acceptors (Lipinski definition) is 6. The van der Waals surface area contributed by atoms with Gasteiger partial charge in [0.2, 0.25) is 5.91 Å². The standard InChI is InChI=1S/C11H11NO2S.C7H9NS.C6H7N/c1-7-11(14)12(2)9-5-8(6-13)3-4-10(9)15-7;1-8-6-2-4-7(9)5-3-6;7-6-4-2-1-3-5-6/h3-7H,1-2H3;2-5,8-9H,1H3;1-5H,7H2. The number of benzene rings is 3. The highest BCUT2D eigenvalue weighted by Crippen LogP contribution is 2.38. The summed E-state index contributed by atoms with van der Waals surface area (Å²) in [6, 6.07) is 22.8. The second-order valence-corrected chi connectivity index (χ2v) is 8.61. The smallest absolute Gasteiger partial charge is 0.239 e. The van der Waals surface area contributed by atoms with E-state index in [4.69, 9.17) is 5.73 Å². The molecule has 1 amide bonds. The SMILES string of the molecule is CC1Sc2ccc(C=O)cc2N(C)C1=O.CNc1ccc(S)cc1.Nc1ccccc1. The maximum atomic E-state index is 11.7. The Kier molecular flexibility index (Phi) is 9.49. The van der Waals surface area contributed by atoms with Crippen molar-refractivity contribution in [1.82, 2.24) is 0 Å². The maximum Gasteiger partial charge on any atom is 0.239 e. The van der Waals surface area contributed by atoms with Crippen molar-refractivity contribution in [2.24, 2.45) is 0 Å². The van der Waals surface area contributed by atoms with Crippen LogP contribution in [0.4, 0.5) is 17.1 Å². The molecule has 1 aliphatic heterocycles. The van der Waals surface area contributed by atoms with Gasteiger partial charge in [0.15, 0.2) is 0 Å². The monoisotopic (exact) mass is 453 g/mol. The van der Waals surface area contributed by atoms with Crippen molar-refractivity contribution < 1.29 is 9.59 Å². The molecule has 4 rings (SSSR count). The summed E-state index contributed by atoms with van der Waals surface area (Å²) in [4.78, 5) is 26.0. The molecular formula is C24H27N3O2S2. The van der Waals surface area contributed by atoms with E-state index >= 15 is 0 Å². The number of nitrogens with zero attached hydrogens (tertiary/aromatic N) is 1. The van der Waals surface area contributed by atoms with Crippen LogP contribution in [0.3, 0.4) is 0 Å². The summed E-state index contributed by atoms with van der Waals surface area (Å²) in [5, 5.41) is 2.97. The third-order valence-corrected chi connectivity index (χ3v) is 5.87. The minimum Gasteiger partial charge on any atom is -0.399 e. The zero-order valence-electron chi connectivity index (χ0n) is 17.8. The van der Waals surface area contributed by atoms with E-state index in [0.29, 0.717) is 5.56 Å². The Morgan fingerprint density at radius 1 is 1.06 bits per heavy atom. The van der Waals surface area contributed by atoms with Crippen molar-refractivity contribution in [2.45, 2.75) is 22.0 Å². The molecular weight excluding hydrogens is 426 g/mol. The predicted octanol–water partition coefficient (Wildman–Crippen LogP) is 5.24. The number of anilines is 3. The number of carbonyl (C=O) groups excluding carboxylic acids is 2. The summed E-state index contributed by atoms with van der Waals surface area (Å²) in [6.45, 7) is 1.89. The number of fused-ring (bicyclic) bond motifs is 1. The van der Waals surface area contributed by atoms with Crippen molar-refractivity contribution in [1.29, 1.82) is 0 Å². The quantitative estimate of drug-likeness (QED) is 0.281. The molecule has 0 spiro atoms. The van der Waals surface area contributed by atoms with E-state index in [1.54, 1.807) is 24.1 Å². The highest BCUT2D eigenvalue weighted by Gasteiger charge is 2.27. The van der Waals surface area contributed by atoms with Crippen molar-refractivity contribution in [3.05, 3.63) is 78.4 Å². The summed E-state index contributed by atoms with van der Waals surface area (Å²) in [5.41, 5.74) is 8.72. The van der Waals surface area contributed by atoms with E-state index in [2.05, 4.69) is 17.9 Å². The molecule has 3 aromatic carbocycles.